The summed E-state index contributed by atoms with van der Waals surface area (Å²) in [7, 11) is 0. The number of carbonyl (C=O) groups excluding carboxylic acids is 1. The van der Waals surface area contributed by atoms with E-state index in [9.17, 15) is 4.79 Å². The van der Waals surface area contributed by atoms with Gasteiger partial charge < -0.3 is 9.47 Å². The van der Waals surface area contributed by atoms with Gasteiger partial charge in [0, 0.05) is 0 Å². The van der Waals surface area contributed by atoms with E-state index in [4.69, 9.17) is 9.47 Å². The second-order valence-electron chi connectivity index (χ2n) is 5.65. The maximum atomic E-state index is 11.2. The molecule has 0 N–H and O–H groups in total. The van der Waals surface area contributed by atoms with Crippen molar-refractivity contribution < 1.29 is 14.3 Å². The van der Waals surface area contributed by atoms with E-state index in [1.54, 1.807) is 13.8 Å². The molecular formula is C15H22O3. The first-order valence-corrected chi connectivity index (χ1v) is 6.20. The minimum absolute atomic E-state index is 0.0358. The highest BCUT2D eigenvalue weighted by Crippen LogP contribution is 2.24. The summed E-state index contributed by atoms with van der Waals surface area (Å²) in [5, 5.41) is 0. The zero-order valence-corrected chi connectivity index (χ0v) is 11.8. The third-order valence-electron chi connectivity index (χ3n) is 2.62. The molecule has 3 heteroatoms. The van der Waals surface area contributed by atoms with Crippen LogP contribution >= 0.6 is 0 Å². The van der Waals surface area contributed by atoms with E-state index in [1.165, 1.54) is 5.56 Å². The van der Waals surface area contributed by atoms with Crippen molar-refractivity contribution in [2.45, 2.75) is 40.0 Å². The summed E-state index contributed by atoms with van der Waals surface area (Å²) in [6.07, 6.45) is 0. The molecule has 0 aromatic heterocycles. The van der Waals surface area contributed by atoms with Crippen LogP contribution in [0.1, 0.15) is 40.2 Å². The summed E-state index contributed by atoms with van der Waals surface area (Å²) in [6, 6.07) is 7.84. The standard InChI is InChI=1S/C15H22O3/c1-11(2)14(16)18-10-17-13-8-6-12(7-9-13)15(3,4)5/h6-9,11H,10H2,1-5H3. The highest BCUT2D eigenvalue weighted by atomic mass is 16.7. The fraction of sp³-hybridized carbons (Fsp3) is 0.533. The first-order chi connectivity index (χ1) is 8.30. The fourth-order valence-electron chi connectivity index (χ4n) is 1.37. The summed E-state index contributed by atoms with van der Waals surface area (Å²) in [6.45, 7) is 10.0. The molecule has 3 nitrogen and oxygen atoms in total. The average molecular weight is 250 g/mol. The molecule has 1 rings (SSSR count). The monoisotopic (exact) mass is 250 g/mol. The Morgan fingerprint density at radius 3 is 2.17 bits per heavy atom. The maximum Gasteiger partial charge on any atom is 0.311 e. The topological polar surface area (TPSA) is 35.5 Å². The van der Waals surface area contributed by atoms with Crippen LogP contribution < -0.4 is 4.74 Å². The normalized spacial score (nSPS) is 11.4. The molecule has 0 fully saturated rings. The zero-order valence-electron chi connectivity index (χ0n) is 11.8. The lowest BCUT2D eigenvalue weighted by atomic mass is 9.87. The minimum atomic E-state index is -0.249. The van der Waals surface area contributed by atoms with Gasteiger partial charge in [0.1, 0.15) is 5.75 Å². The maximum absolute atomic E-state index is 11.2. The lowest BCUT2D eigenvalue weighted by Gasteiger charge is -2.19. The van der Waals surface area contributed by atoms with Crippen molar-refractivity contribution in [2.24, 2.45) is 5.92 Å². The Labute approximate surface area is 109 Å². The molecule has 0 heterocycles. The molecule has 0 unspecified atom stereocenters. The van der Waals surface area contributed by atoms with Gasteiger partial charge in [-0.2, -0.15) is 0 Å². The van der Waals surface area contributed by atoms with E-state index >= 15 is 0 Å². The Balaban J connectivity index is 2.47. The lowest BCUT2D eigenvalue weighted by Crippen LogP contribution is -2.15. The number of ether oxygens (including phenoxy) is 2. The van der Waals surface area contributed by atoms with Gasteiger partial charge in [-0.25, -0.2) is 0 Å². The Kier molecular flexibility index (Phi) is 4.76. The molecule has 0 saturated heterocycles. The molecule has 0 aliphatic carbocycles. The van der Waals surface area contributed by atoms with E-state index < -0.39 is 0 Å². The summed E-state index contributed by atoms with van der Waals surface area (Å²) < 4.78 is 10.3. The molecule has 0 amide bonds. The van der Waals surface area contributed by atoms with E-state index in [-0.39, 0.29) is 24.1 Å². The van der Waals surface area contributed by atoms with Crippen molar-refractivity contribution in [3.05, 3.63) is 29.8 Å². The summed E-state index contributed by atoms with van der Waals surface area (Å²) in [5.41, 5.74) is 1.37. The molecule has 0 aliphatic heterocycles. The fourth-order valence-corrected chi connectivity index (χ4v) is 1.37. The molecule has 0 atom stereocenters. The average Bonchev–Trinajstić information content (AvgIpc) is 2.28. The van der Waals surface area contributed by atoms with E-state index in [0.717, 1.165) is 0 Å². The predicted octanol–water partition coefficient (Wildman–Crippen LogP) is 3.52. The quantitative estimate of drug-likeness (QED) is 0.606. The van der Waals surface area contributed by atoms with Gasteiger partial charge in [0.15, 0.2) is 0 Å². The molecule has 1 aromatic rings. The Bertz CT molecular complexity index is 385. The second-order valence-corrected chi connectivity index (χ2v) is 5.65. The van der Waals surface area contributed by atoms with Crippen molar-refractivity contribution in [2.75, 3.05) is 6.79 Å². The smallest absolute Gasteiger partial charge is 0.311 e. The summed E-state index contributed by atoms with van der Waals surface area (Å²) in [4.78, 5) is 11.2. The molecule has 1 aromatic carbocycles. The van der Waals surface area contributed by atoms with Gasteiger partial charge >= 0.3 is 5.97 Å². The van der Waals surface area contributed by atoms with E-state index in [1.807, 2.05) is 24.3 Å². The van der Waals surface area contributed by atoms with Crippen LogP contribution in [0.3, 0.4) is 0 Å². The Morgan fingerprint density at radius 2 is 1.72 bits per heavy atom. The number of esters is 1. The van der Waals surface area contributed by atoms with Gasteiger partial charge in [-0.15, -0.1) is 0 Å². The van der Waals surface area contributed by atoms with Gasteiger partial charge in [0.2, 0.25) is 6.79 Å². The SMILES string of the molecule is CC(C)C(=O)OCOc1ccc(C(C)(C)C)cc1. The van der Waals surface area contributed by atoms with Crippen molar-refractivity contribution in [3.63, 3.8) is 0 Å². The van der Waals surface area contributed by atoms with Gasteiger partial charge in [0.05, 0.1) is 5.92 Å². The number of carbonyl (C=O) groups is 1. The van der Waals surface area contributed by atoms with E-state index in [0.29, 0.717) is 5.75 Å². The molecule has 0 bridgehead atoms. The van der Waals surface area contributed by atoms with Crippen LogP contribution in [0, 0.1) is 5.92 Å². The molecule has 0 spiro atoms. The van der Waals surface area contributed by atoms with Crippen molar-refractivity contribution in [1.29, 1.82) is 0 Å². The molecule has 0 radical (unpaired) electrons. The Hall–Kier alpha value is -1.51. The number of benzene rings is 1. The highest BCUT2D eigenvalue weighted by molar-refractivity contribution is 5.71. The first kappa shape index (κ1) is 14.6. The van der Waals surface area contributed by atoms with Crippen molar-refractivity contribution in [3.8, 4) is 5.75 Å². The van der Waals surface area contributed by atoms with Crippen LogP contribution in [0.15, 0.2) is 24.3 Å². The van der Waals surface area contributed by atoms with E-state index in [2.05, 4.69) is 20.8 Å². The van der Waals surface area contributed by atoms with Crippen molar-refractivity contribution in [1.82, 2.24) is 0 Å². The first-order valence-electron chi connectivity index (χ1n) is 6.20. The third kappa shape index (κ3) is 4.40. The van der Waals surface area contributed by atoms with Crippen LogP contribution in [0.25, 0.3) is 0 Å². The largest absolute Gasteiger partial charge is 0.457 e. The predicted molar refractivity (Wildman–Crippen MR) is 71.6 cm³/mol. The molecule has 18 heavy (non-hydrogen) atoms. The minimum Gasteiger partial charge on any atom is -0.457 e. The number of rotatable bonds is 4. The van der Waals surface area contributed by atoms with Gasteiger partial charge in [-0.1, -0.05) is 46.8 Å². The van der Waals surface area contributed by atoms with Crippen molar-refractivity contribution >= 4 is 5.97 Å². The van der Waals surface area contributed by atoms with Gasteiger partial charge in [-0.3, -0.25) is 4.79 Å². The number of hydrogen-bond acceptors (Lipinski definition) is 3. The zero-order chi connectivity index (χ0) is 13.8. The van der Waals surface area contributed by atoms with Crippen LogP contribution in [0.2, 0.25) is 0 Å². The lowest BCUT2D eigenvalue weighted by molar-refractivity contribution is -0.153. The summed E-state index contributed by atoms with van der Waals surface area (Å²) in [5.74, 6) is 0.331. The molecule has 100 valence electrons. The van der Waals surface area contributed by atoms with Crippen LogP contribution in [0.5, 0.6) is 5.75 Å². The molecule has 0 saturated carbocycles. The number of hydrogen-bond donors (Lipinski definition) is 0. The molecular weight excluding hydrogens is 228 g/mol. The second kappa shape index (κ2) is 5.89. The van der Waals surface area contributed by atoms with Gasteiger partial charge in [0.25, 0.3) is 0 Å². The highest BCUT2D eigenvalue weighted by Gasteiger charge is 2.13. The van der Waals surface area contributed by atoms with Crippen LogP contribution in [0.4, 0.5) is 0 Å². The molecule has 0 aliphatic rings. The summed E-state index contributed by atoms with van der Waals surface area (Å²) >= 11 is 0. The third-order valence-corrected chi connectivity index (χ3v) is 2.62. The van der Waals surface area contributed by atoms with Crippen LogP contribution in [-0.2, 0) is 14.9 Å². The Morgan fingerprint density at radius 1 is 1.17 bits per heavy atom. The van der Waals surface area contributed by atoms with Crippen LogP contribution in [-0.4, -0.2) is 12.8 Å². The van der Waals surface area contributed by atoms with Gasteiger partial charge in [-0.05, 0) is 23.1 Å².